The van der Waals surface area contributed by atoms with Crippen molar-refractivity contribution in [3.8, 4) is 0 Å². The SMILES string of the molecule is CNC1CCC(NC(=O)CCC2CCCC2)CC1. The van der Waals surface area contributed by atoms with Gasteiger partial charge in [-0.25, -0.2) is 0 Å². The lowest BCUT2D eigenvalue weighted by atomic mass is 9.91. The minimum Gasteiger partial charge on any atom is -0.353 e. The summed E-state index contributed by atoms with van der Waals surface area (Å²) in [5.74, 6) is 1.12. The molecular weight excluding hydrogens is 224 g/mol. The molecule has 1 amide bonds. The molecular formula is C15H28N2O. The van der Waals surface area contributed by atoms with E-state index in [1.54, 1.807) is 0 Å². The standard InChI is InChI=1S/C15H28N2O/c1-16-13-7-9-14(10-8-13)17-15(18)11-6-12-4-2-3-5-12/h12-14,16H,2-11H2,1H3,(H,17,18). The molecule has 0 aromatic carbocycles. The van der Waals surface area contributed by atoms with Crippen LogP contribution in [0, 0.1) is 5.92 Å². The van der Waals surface area contributed by atoms with E-state index in [0.717, 1.165) is 31.6 Å². The maximum atomic E-state index is 11.9. The maximum Gasteiger partial charge on any atom is 0.220 e. The molecule has 104 valence electrons. The summed E-state index contributed by atoms with van der Waals surface area (Å²) < 4.78 is 0. The van der Waals surface area contributed by atoms with Gasteiger partial charge in [0.1, 0.15) is 0 Å². The topological polar surface area (TPSA) is 41.1 Å². The van der Waals surface area contributed by atoms with Crippen molar-refractivity contribution in [1.82, 2.24) is 10.6 Å². The van der Waals surface area contributed by atoms with Crippen molar-refractivity contribution < 1.29 is 4.79 Å². The summed E-state index contributed by atoms with van der Waals surface area (Å²) in [4.78, 5) is 11.9. The van der Waals surface area contributed by atoms with E-state index in [9.17, 15) is 4.79 Å². The molecule has 0 saturated heterocycles. The molecule has 18 heavy (non-hydrogen) atoms. The lowest BCUT2D eigenvalue weighted by Gasteiger charge is -2.28. The van der Waals surface area contributed by atoms with Crippen LogP contribution >= 0.6 is 0 Å². The summed E-state index contributed by atoms with van der Waals surface area (Å²) in [6, 6.07) is 1.10. The van der Waals surface area contributed by atoms with Crippen molar-refractivity contribution in [2.75, 3.05) is 7.05 Å². The highest BCUT2D eigenvalue weighted by molar-refractivity contribution is 5.76. The number of carbonyl (C=O) groups is 1. The molecule has 2 saturated carbocycles. The Morgan fingerprint density at radius 2 is 1.61 bits per heavy atom. The Morgan fingerprint density at radius 1 is 1.00 bits per heavy atom. The van der Waals surface area contributed by atoms with E-state index in [2.05, 4.69) is 10.6 Å². The Kier molecular flexibility index (Phi) is 5.48. The number of nitrogens with one attached hydrogen (secondary N) is 2. The number of hydrogen-bond acceptors (Lipinski definition) is 2. The molecule has 2 rings (SSSR count). The van der Waals surface area contributed by atoms with Crippen molar-refractivity contribution in [3.05, 3.63) is 0 Å². The predicted molar refractivity (Wildman–Crippen MR) is 74.4 cm³/mol. The monoisotopic (exact) mass is 252 g/mol. The molecule has 0 aliphatic heterocycles. The largest absolute Gasteiger partial charge is 0.353 e. The van der Waals surface area contributed by atoms with E-state index in [-0.39, 0.29) is 5.91 Å². The minimum absolute atomic E-state index is 0.287. The van der Waals surface area contributed by atoms with Crippen LogP contribution in [-0.4, -0.2) is 25.0 Å². The summed E-state index contributed by atoms with van der Waals surface area (Å²) in [6.45, 7) is 0. The molecule has 0 radical (unpaired) electrons. The normalized spacial score (nSPS) is 29.4. The Bertz CT molecular complexity index is 253. The smallest absolute Gasteiger partial charge is 0.220 e. The van der Waals surface area contributed by atoms with Gasteiger partial charge in [0.05, 0.1) is 0 Å². The third-order valence-corrected chi connectivity index (χ3v) is 4.75. The zero-order chi connectivity index (χ0) is 12.8. The first-order chi connectivity index (χ1) is 8.78. The Labute approximate surface area is 111 Å². The van der Waals surface area contributed by atoms with Gasteiger partial charge in [-0.05, 0) is 45.1 Å². The van der Waals surface area contributed by atoms with Gasteiger partial charge in [-0.2, -0.15) is 0 Å². The van der Waals surface area contributed by atoms with Crippen LogP contribution in [0.2, 0.25) is 0 Å². The van der Waals surface area contributed by atoms with Crippen LogP contribution in [0.25, 0.3) is 0 Å². The first kappa shape index (κ1) is 13.9. The van der Waals surface area contributed by atoms with Gasteiger partial charge in [0.15, 0.2) is 0 Å². The highest BCUT2D eigenvalue weighted by atomic mass is 16.1. The van der Waals surface area contributed by atoms with E-state index < -0.39 is 0 Å². The second kappa shape index (κ2) is 7.13. The average Bonchev–Trinajstić information content (AvgIpc) is 2.90. The van der Waals surface area contributed by atoms with Crippen LogP contribution in [0.5, 0.6) is 0 Å². The quantitative estimate of drug-likeness (QED) is 0.789. The molecule has 0 heterocycles. The summed E-state index contributed by atoms with van der Waals surface area (Å²) in [7, 11) is 2.03. The lowest BCUT2D eigenvalue weighted by Crippen LogP contribution is -2.41. The highest BCUT2D eigenvalue weighted by Crippen LogP contribution is 2.28. The van der Waals surface area contributed by atoms with Gasteiger partial charge in [0.25, 0.3) is 0 Å². The molecule has 0 bridgehead atoms. The maximum absolute atomic E-state index is 11.9. The molecule has 0 atom stereocenters. The number of hydrogen-bond donors (Lipinski definition) is 2. The fourth-order valence-corrected chi connectivity index (χ4v) is 3.46. The van der Waals surface area contributed by atoms with Gasteiger partial charge in [-0.1, -0.05) is 25.7 Å². The molecule has 2 N–H and O–H groups in total. The first-order valence-electron chi connectivity index (χ1n) is 7.74. The molecule has 2 aliphatic rings. The van der Waals surface area contributed by atoms with E-state index >= 15 is 0 Å². The molecule has 0 aromatic heterocycles. The van der Waals surface area contributed by atoms with E-state index in [1.807, 2.05) is 7.05 Å². The Hall–Kier alpha value is -0.570. The number of carbonyl (C=O) groups excluding carboxylic acids is 1. The third-order valence-electron chi connectivity index (χ3n) is 4.75. The molecule has 3 nitrogen and oxygen atoms in total. The molecule has 3 heteroatoms. The second-order valence-electron chi connectivity index (χ2n) is 6.09. The summed E-state index contributed by atoms with van der Waals surface area (Å²) >= 11 is 0. The van der Waals surface area contributed by atoms with E-state index in [4.69, 9.17) is 0 Å². The number of amides is 1. The van der Waals surface area contributed by atoms with Crippen molar-refractivity contribution >= 4 is 5.91 Å². The van der Waals surface area contributed by atoms with Crippen molar-refractivity contribution in [1.29, 1.82) is 0 Å². The zero-order valence-corrected chi connectivity index (χ0v) is 11.7. The third kappa shape index (κ3) is 4.27. The van der Waals surface area contributed by atoms with Crippen LogP contribution in [-0.2, 0) is 4.79 Å². The van der Waals surface area contributed by atoms with Crippen LogP contribution in [0.15, 0.2) is 0 Å². The average molecular weight is 252 g/mol. The minimum atomic E-state index is 0.287. The van der Waals surface area contributed by atoms with Gasteiger partial charge in [0, 0.05) is 18.5 Å². The van der Waals surface area contributed by atoms with Crippen molar-refractivity contribution in [2.24, 2.45) is 5.92 Å². The molecule has 0 spiro atoms. The molecule has 0 aromatic rings. The number of rotatable bonds is 5. The van der Waals surface area contributed by atoms with Gasteiger partial charge in [0.2, 0.25) is 5.91 Å². The van der Waals surface area contributed by atoms with Gasteiger partial charge >= 0.3 is 0 Å². The second-order valence-corrected chi connectivity index (χ2v) is 6.09. The van der Waals surface area contributed by atoms with Gasteiger partial charge in [-0.3, -0.25) is 4.79 Å². The zero-order valence-electron chi connectivity index (χ0n) is 11.7. The van der Waals surface area contributed by atoms with Gasteiger partial charge in [-0.15, -0.1) is 0 Å². The Morgan fingerprint density at radius 3 is 2.22 bits per heavy atom. The first-order valence-corrected chi connectivity index (χ1v) is 7.74. The van der Waals surface area contributed by atoms with Crippen LogP contribution < -0.4 is 10.6 Å². The fraction of sp³-hybridized carbons (Fsp3) is 0.933. The predicted octanol–water partition coefficient (Wildman–Crippen LogP) is 2.60. The molecule has 0 unspecified atom stereocenters. The highest BCUT2D eigenvalue weighted by Gasteiger charge is 2.22. The fourth-order valence-electron chi connectivity index (χ4n) is 3.46. The van der Waals surface area contributed by atoms with Crippen LogP contribution in [0.3, 0.4) is 0 Å². The summed E-state index contributed by atoms with van der Waals surface area (Å²) in [5.41, 5.74) is 0. The van der Waals surface area contributed by atoms with Crippen LogP contribution in [0.1, 0.15) is 64.2 Å². The molecule has 2 aliphatic carbocycles. The van der Waals surface area contributed by atoms with Crippen LogP contribution in [0.4, 0.5) is 0 Å². The van der Waals surface area contributed by atoms with Gasteiger partial charge < -0.3 is 10.6 Å². The summed E-state index contributed by atoms with van der Waals surface area (Å²) in [6.07, 6.45) is 12.0. The molecule has 2 fully saturated rings. The van der Waals surface area contributed by atoms with E-state index in [0.29, 0.717) is 12.1 Å². The van der Waals surface area contributed by atoms with Crippen molar-refractivity contribution in [2.45, 2.75) is 76.3 Å². The lowest BCUT2D eigenvalue weighted by molar-refractivity contribution is -0.122. The van der Waals surface area contributed by atoms with Crippen molar-refractivity contribution in [3.63, 3.8) is 0 Å². The summed E-state index contributed by atoms with van der Waals surface area (Å²) in [5, 5.41) is 6.55. The Balaban J connectivity index is 1.59. The van der Waals surface area contributed by atoms with E-state index in [1.165, 1.54) is 38.5 Å².